The molecule has 6 heteroatoms. The fourth-order valence-electron chi connectivity index (χ4n) is 2.03. The minimum absolute atomic E-state index is 0. The number of methoxy groups -OCH3 is 1. The molecule has 0 heterocycles. The highest BCUT2D eigenvalue weighted by Gasteiger charge is 2.28. The molecule has 1 aliphatic carbocycles. The molecule has 1 amide bonds. The number of rotatable bonds is 3. The van der Waals surface area contributed by atoms with Crippen LogP contribution in [0.25, 0.3) is 0 Å². The number of benzene rings is 1. The van der Waals surface area contributed by atoms with Crippen LogP contribution >= 0.6 is 24.0 Å². The molecule has 0 unspecified atom stereocenters. The Morgan fingerprint density at radius 1 is 1.47 bits per heavy atom. The highest BCUT2D eigenvalue weighted by Crippen LogP contribution is 2.31. The predicted octanol–water partition coefficient (Wildman–Crippen LogP) is 2.98. The average Bonchev–Trinajstić information content (AvgIpc) is 2.28. The van der Waals surface area contributed by atoms with Crippen molar-refractivity contribution in [3.8, 4) is 5.75 Å². The van der Waals surface area contributed by atoms with Gasteiger partial charge in [-0.1, -0.05) is 11.6 Å². The third-order valence-corrected chi connectivity index (χ3v) is 3.82. The molecule has 2 rings (SSSR count). The summed E-state index contributed by atoms with van der Waals surface area (Å²) in [5.41, 5.74) is 6.58. The number of halogens is 2. The lowest BCUT2D eigenvalue weighted by molar-refractivity contribution is 0.0649. The number of nitrogen functional groups attached to an aromatic ring is 1. The van der Waals surface area contributed by atoms with Crippen molar-refractivity contribution in [3.63, 3.8) is 0 Å². The molecule has 0 spiro atoms. The second-order valence-corrected chi connectivity index (χ2v) is 4.98. The van der Waals surface area contributed by atoms with Crippen molar-refractivity contribution in [2.75, 3.05) is 19.9 Å². The quantitative estimate of drug-likeness (QED) is 0.874. The fraction of sp³-hybridized carbons (Fsp3) is 0.462. The minimum atomic E-state index is -0.0709. The van der Waals surface area contributed by atoms with Gasteiger partial charge in [-0.3, -0.25) is 4.79 Å². The largest absolute Gasteiger partial charge is 0.496 e. The summed E-state index contributed by atoms with van der Waals surface area (Å²) in [5.74, 6) is 0.395. The van der Waals surface area contributed by atoms with Crippen LogP contribution in [0.4, 0.5) is 5.69 Å². The number of carbonyl (C=O) groups excluding carboxylic acids is 1. The van der Waals surface area contributed by atoms with Crippen molar-refractivity contribution in [3.05, 3.63) is 22.7 Å². The molecule has 0 atom stereocenters. The van der Waals surface area contributed by atoms with E-state index in [1.165, 1.54) is 13.5 Å². The first-order valence-electron chi connectivity index (χ1n) is 5.94. The van der Waals surface area contributed by atoms with Crippen LogP contribution < -0.4 is 10.5 Å². The van der Waals surface area contributed by atoms with Crippen molar-refractivity contribution in [1.29, 1.82) is 0 Å². The van der Waals surface area contributed by atoms with Gasteiger partial charge in [-0.05, 0) is 25.3 Å². The van der Waals surface area contributed by atoms with Crippen molar-refractivity contribution >= 4 is 35.6 Å². The molecule has 2 N–H and O–H groups in total. The van der Waals surface area contributed by atoms with E-state index in [0.29, 0.717) is 28.1 Å². The first-order valence-corrected chi connectivity index (χ1v) is 6.32. The summed E-state index contributed by atoms with van der Waals surface area (Å²) in [4.78, 5) is 14.1. The van der Waals surface area contributed by atoms with E-state index in [4.69, 9.17) is 22.1 Å². The van der Waals surface area contributed by atoms with Crippen molar-refractivity contribution < 1.29 is 9.53 Å². The number of carbonyl (C=O) groups is 1. The summed E-state index contributed by atoms with van der Waals surface area (Å²) >= 11 is 5.97. The topological polar surface area (TPSA) is 55.6 Å². The molecule has 1 aromatic carbocycles. The number of hydrogen-bond acceptors (Lipinski definition) is 3. The van der Waals surface area contributed by atoms with Crippen LogP contribution in [0, 0.1) is 0 Å². The van der Waals surface area contributed by atoms with Gasteiger partial charge in [-0.15, -0.1) is 12.4 Å². The zero-order valence-electron chi connectivity index (χ0n) is 11.0. The lowest BCUT2D eigenvalue weighted by Crippen LogP contribution is -2.41. The van der Waals surface area contributed by atoms with E-state index < -0.39 is 0 Å². The average molecular weight is 305 g/mol. The number of hydrogen-bond donors (Lipinski definition) is 1. The van der Waals surface area contributed by atoms with Gasteiger partial charge in [-0.25, -0.2) is 0 Å². The van der Waals surface area contributed by atoms with Crippen LogP contribution in [-0.4, -0.2) is 31.0 Å². The van der Waals surface area contributed by atoms with Crippen LogP contribution in [-0.2, 0) is 0 Å². The molecule has 1 saturated carbocycles. The maximum atomic E-state index is 12.4. The van der Waals surface area contributed by atoms with Gasteiger partial charge in [0.2, 0.25) is 0 Å². The van der Waals surface area contributed by atoms with Crippen molar-refractivity contribution in [2.45, 2.75) is 25.3 Å². The third kappa shape index (κ3) is 3.07. The van der Waals surface area contributed by atoms with Crippen LogP contribution in [0.2, 0.25) is 5.02 Å². The van der Waals surface area contributed by atoms with Gasteiger partial charge in [0.05, 0.1) is 23.4 Å². The normalized spacial score (nSPS) is 14.3. The number of nitrogens with zero attached hydrogens (tertiary/aromatic N) is 1. The molecule has 1 fully saturated rings. The molecule has 1 aliphatic rings. The van der Waals surface area contributed by atoms with Gasteiger partial charge in [0, 0.05) is 19.2 Å². The van der Waals surface area contributed by atoms with E-state index in [9.17, 15) is 4.79 Å². The van der Waals surface area contributed by atoms with Gasteiger partial charge in [0.25, 0.3) is 5.91 Å². The highest BCUT2D eigenvalue weighted by atomic mass is 35.5. The molecule has 19 heavy (non-hydrogen) atoms. The number of amides is 1. The van der Waals surface area contributed by atoms with Crippen LogP contribution in [0.3, 0.4) is 0 Å². The Bertz CT molecular complexity index is 476. The second kappa shape index (κ2) is 6.35. The standard InChI is InChI=1S/C13H17ClN2O2.ClH/c1-16(8-4-3-5-8)13(17)9-6-10(14)11(15)7-12(9)18-2;/h6-8H,3-5,15H2,1-2H3;1H. The SMILES string of the molecule is COc1cc(N)c(Cl)cc1C(=O)N(C)C1CCC1.Cl. The summed E-state index contributed by atoms with van der Waals surface area (Å²) in [6.07, 6.45) is 3.31. The molecule has 1 aromatic rings. The monoisotopic (exact) mass is 304 g/mol. The highest BCUT2D eigenvalue weighted by molar-refractivity contribution is 6.33. The lowest BCUT2D eigenvalue weighted by atomic mass is 9.91. The summed E-state index contributed by atoms with van der Waals surface area (Å²) in [7, 11) is 3.33. The van der Waals surface area contributed by atoms with Crippen LogP contribution in [0.15, 0.2) is 12.1 Å². The first-order chi connectivity index (χ1) is 8.54. The number of ether oxygens (including phenoxy) is 1. The third-order valence-electron chi connectivity index (χ3n) is 3.49. The van der Waals surface area contributed by atoms with Gasteiger partial charge in [0.1, 0.15) is 5.75 Å². The Morgan fingerprint density at radius 3 is 2.58 bits per heavy atom. The fourth-order valence-corrected chi connectivity index (χ4v) is 2.20. The van der Waals surface area contributed by atoms with E-state index >= 15 is 0 Å². The summed E-state index contributed by atoms with van der Waals surface area (Å²) in [5, 5.41) is 0.376. The van der Waals surface area contributed by atoms with Crippen molar-refractivity contribution in [2.24, 2.45) is 0 Å². The Kier molecular flexibility index (Phi) is 5.32. The van der Waals surface area contributed by atoms with E-state index in [2.05, 4.69) is 0 Å². The Balaban J connectivity index is 0.00000180. The molecule has 0 bridgehead atoms. The van der Waals surface area contributed by atoms with E-state index in [0.717, 1.165) is 12.8 Å². The molecular formula is C13H18Cl2N2O2. The van der Waals surface area contributed by atoms with Gasteiger partial charge in [0.15, 0.2) is 0 Å². The smallest absolute Gasteiger partial charge is 0.257 e. The Hall–Kier alpha value is -1.13. The Labute approximate surface area is 124 Å². The molecule has 0 aromatic heterocycles. The van der Waals surface area contributed by atoms with E-state index in [1.54, 1.807) is 17.0 Å². The molecule has 106 valence electrons. The van der Waals surface area contributed by atoms with Gasteiger partial charge in [-0.2, -0.15) is 0 Å². The Morgan fingerprint density at radius 2 is 2.11 bits per heavy atom. The summed E-state index contributed by atoms with van der Waals surface area (Å²) in [6.45, 7) is 0. The van der Waals surface area contributed by atoms with E-state index in [1.807, 2.05) is 7.05 Å². The lowest BCUT2D eigenvalue weighted by Gasteiger charge is -2.35. The first kappa shape index (κ1) is 15.9. The van der Waals surface area contributed by atoms with Crippen LogP contribution in [0.5, 0.6) is 5.75 Å². The number of nitrogens with two attached hydrogens (primary N) is 1. The summed E-state index contributed by atoms with van der Waals surface area (Å²) in [6, 6.07) is 3.50. The predicted molar refractivity (Wildman–Crippen MR) is 79.4 cm³/mol. The molecule has 4 nitrogen and oxygen atoms in total. The van der Waals surface area contributed by atoms with Crippen molar-refractivity contribution in [1.82, 2.24) is 4.90 Å². The molecular weight excluding hydrogens is 287 g/mol. The van der Waals surface area contributed by atoms with Gasteiger partial charge < -0.3 is 15.4 Å². The van der Waals surface area contributed by atoms with Crippen LogP contribution in [0.1, 0.15) is 29.6 Å². The zero-order valence-corrected chi connectivity index (χ0v) is 12.6. The number of anilines is 1. The van der Waals surface area contributed by atoms with E-state index in [-0.39, 0.29) is 18.3 Å². The molecule has 0 radical (unpaired) electrons. The molecule has 0 aliphatic heterocycles. The zero-order chi connectivity index (χ0) is 13.3. The maximum Gasteiger partial charge on any atom is 0.257 e. The summed E-state index contributed by atoms with van der Waals surface area (Å²) < 4.78 is 5.20. The van der Waals surface area contributed by atoms with Gasteiger partial charge >= 0.3 is 0 Å². The minimum Gasteiger partial charge on any atom is -0.496 e. The maximum absolute atomic E-state index is 12.4. The molecule has 0 saturated heterocycles. The second-order valence-electron chi connectivity index (χ2n) is 4.57.